The number of benzene rings is 1. The third kappa shape index (κ3) is 3.31. The second-order valence-electron chi connectivity index (χ2n) is 6.75. The molecule has 1 fully saturated rings. The number of amides is 1. The molecule has 4 rings (SSSR count). The van der Waals surface area contributed by atoms with Crippen LogP contribution in [0.1, 0.15) is 23.5 Å². The van der Waals surface area contributed by atoms with Crippen LogP contribution in [0.4, 0.5) is 4.39 Å². The van der Waals surface area contributed by atoms with Crippen molar-refractivity contribution in [3.8, 4) is 11.3 Å². The predicted octanol–water partition coefficient (Wildman–Crippen LogP) is 2.41. The third-order valence-electron chi connectivity index (χ3n) is 5.00. The number of carbonyl (C=O) groups excluding carboxylic acids is 1. The number of aliphatic hydroxyl groups is 1. The molecule has 0 aliphatic carbocycles. The molecule has 1 aliphatic heterocycles. The fourth-order valence-corrected chi connectivity index (χ4v) is 3.40. The van der Waals surface area contributed by atoms with Gasteiger partial charge in [-0.15, -0.1) is 0 Å². The number of hydrogen-bond donors (Lipinski definition) is 2. The highest BCUT2D eigenvalue weighted by Gasteiger charge is 2.35. The van der Waals surface area contributed by atoms with E-state index >= 15 is 0 Å². The molecular weight excluding hydrogens is 349 g/mol. The van der Waals surface area contributed by atoms with Crippen molar-refractivity contribution in [3.05, 3.63) is 60.3 Å². The standard InChI is InChI=1S/C20H20FN3O3/c21-15-6-4-14(5-7-15)17-16-3-1-2-10-24(16)18(22-17)19(26)23-20(13-25)8-11-27-12-9-20/h1-7,10,25H,8-9,11-13H2,(H,23,26). The van der Waals surface area contributed by atoms with E-state index in [0.717, 1.165) is 11.1 Å². The van der Waals surface area contributed by atoms with Gasteiger partial charge in [-0.25, -0.2) is 9.37 Å². The van der Waals surface area contributed by atoms with E-state index in [0.29, 0.717) is 31.7 Å². The Bertz CT molecular complexity index is 962. The highest BCUT2D eigenvalue weighted by Crippen LogP contribution is 2.26. The van der Waals surface area contributed by atoms with Gasteiger partial charge in [0, 0.05) is 25.0 Å². The maximum atomic E-state index is 13.3. The van der Waals surface area contributed by atoms with Gasteiger partial charge in [0.05, 0.1) is 23.4 Å². The molecule has 1 saturated heterocycles. The fraction of sp³-hybridized carbons (Fsp3) is 0.300. The molecule has 0 unspecified atom stereocenters. The number of hydrogen-bond acceptors (Lipinski definition) is 4. The summed E-state index contributed by atoms with van der Waals surface area (Å²) in [6.07, 6.45) is 2.85. The van der Waals surface area contributed by atoms with E-state index in [1.807, 2.05) is 18.2 Å². The van der Waals surface area contributed by atoms with Crippen LogP contribution in [-0.4, -0.2) is 45.8 Å². The van der Waals surface area contributed by atoms with Crippen LogP contribution in [0.3, 0.4) is 0 Å². The van der Waals surface area contributed by atoms with Crippen molar-refractivity contribution >= 4 is 11.4 Å². The quantitative estimate of drug-likeness (QED) is 0.741. The number of rotatable bonds is 4. The highest BCUT2D eigenvalue weighted by atomic mass is 19.1. The lowest BCUT2D eigenvalue weighted by Crippen LogP contribution is -2.54. The van der Waals surface area contributed by atoms with E-state index in [4.69, 9.17) is 4.74 Å². The maximum absolute atomic E-state index is 13.3. The Hall–Kier alpha value is -2.77. The maximum Gasteiger partial charge on any atom is 0.288 e. The molecular formula is C20H20FN3O3. The summed E-state index contributed by atoms with van der Waals surface area (Å²) in [6.45, 7) is 0.824. The summed E-state index contributed by atoms with van der Waals surface area (Å²) in [5.41, 5.74) is 1.37. The van der Waals surface area contributed by atoms with E-state index in [1.165, 1.54) is 12.1 Å². The zero-order valence-corrected chi connectivity index (χ0v) is 14.7. The van der Waals surface area contributed by atoms with E-state index in [-0.39, 0.29) is 24.2 Å². The van der Waals surface area contributed by atoms with Crippen LogP contribution in [0.5, 0.6) is 0 Å². The first-order valence-electron chi connectivity index (χ1n) is 8.86. The molecule has 140 valence electrons. The highest BCUT2D eigenvalue weighted by molar-refractivity contribution is 5.95. The Kier molecular flexibility index (Phi) is 4.63. The number of nitrogens with zero attached hydrogens (tertiary/aromatic N) is 2. The number of imidazole rings is 1. The van der Waals surface area contributed by atoms with Gasteiger partial charge in [0.25, 0.3) is 5.91 Å². The average molecular weight is 369 g/mol. The average Bonchev–Trinajstić information content (AvgIpc) is 3.09. The second-order valence-corrected chi connectivity index (χ2v) is 6.75. The number of nitrogens with one attached hydrogen (secondary N) is 1. The summed E-state index contributed by atoms with van der Waals surface area (Å²) in [5, 5.41) is 12.8. The van der Waals surface area contributed by atoms with Crippen LogP contribution in [-0.2, 0) is 4.74 Å². The smallest absolute Gasteiger partial charge is 0.288 e. The topological polar surface area (TPSA) is 75.9 Å². The number of carbonyl (C=O) groups is 1. The zero-order chi connectivity index (χ0) is 18.9. The van der Waals surface area contributed by atoms with Gasteiger partial charge in [-0.2, -0.15) is 0 Å². The van der Waals surface area contributed by atoms with Crippen LogP contribution in [0.15, 0.2) is 48.7 Å². The van der Waals surface area contributed by atoms with Gasteiger partial charge in [0.2, 0.25) is 5.82 Å². The minimum Gasteiger partial charge on any atom is -0.394 e. The fourth-order valence-electron chi connectivity index (χ4n) is 3.40. The van der Waals surface area contributed by atoms with Crippen molar-refractivity contribution in [3.63, 3.8) is 0 Å². The van der Waals surface area contributed by atoms with Gasteiger partial charge < -0.3 is 15.2 Å². The van der Waals surface area contributed by atoms with E-state index in [2.05, 4.69) is 10.3 Å². The van der Waals surface area contributed by atoms with Crippen LogP contribution in [0.25, 0.3) is 16.8 Å². The summed E-state index contributed by atoms with van der Waals surface area (Å²) in [5.74, 6) is -0.464. The molecule has 7 heteroatoms. The van der Waals surface area contributed by atoms with Gasteiger partial charge in [-0.1, -0.05) is 6.07 Å². The number of pyridine rings is 1. The Balaban J connectivity index is 1.73. The van der Waals surface area contributed by atoms with Crippen LogP contribution < -0.4 is 5.32 Å². The molecule has 0 spiro atoms. The van der Waals surface area contributed by atoms with Crippen molar-refractivity contribution in [2.24, 2.45) is 0 Å². The van der Waals surface area contributed by atoms with Gasteiger partial charge in [-0.05, 0) is 49.2 Å². The second kappa shape index (κ2) is 7.09. The predicted molar refractivity (Wildman–Crippen MR) is 97.9 cm³/mol. The van der Waals surface area contributed by atoms with Gasteiger partial charge in [0.15, 0.2) is 0 Å². The van der Waals surface area contributed by atoms with Crippen molar-refractivity contribution in [2.45, 2.75) is 18.4 Å². The van der Waals surface area contributed by atoms with Gasteiger partial charge in [-0.3, -0.25) is 9.20 Å². The summed E-state index contributed by atoms with van der Waals surface area (Å²) in [4.78, 5) is 17.5. The first-order chi connectivity index (χ1) is 13.1. The summed E-state index contributed by atoms with van der Waals surface area (Å²) < 4.78 is 20.3. The number of aromatic nitrogens is 2. The lowest BCUT2D eigenvalue weighted by Gasteiger charge is -2.36. The molecule has 2 aromatic heterocycles. The van der Waals surface area contributed by atoms with Crippen molar-refractivity contribution < 1.29 is 19.0 Å². The molecule has 3 aromatic rings. The van der Waals surface area contributed by atoms with Crippen molar-refractivity contribution in [2.75, 3.05) is 19.8 Å². The summed E-state index contributed by atoms with van der Waals surface area (Å²) in [6, 6.07) is 11.5. The Morgan fingerprint density at radius 2 is 1.96 bits per heavy atom. The minimum atomic E-state index is -0.702. The molecule has 0 saturated carbocycles. The molecule has 0 radical (unpaired) electrons. The molecule has 6 nitrogen and oxygen atoms in total. The van der Waals surface area contributed by atoms with Gasteiger partial charge >= 0.3 is 0 Å². The Morgan fingerprint density at radius 1 is 1.22 bits per heavy atom. The van der Waals surface area contributed by atoms with Crippen LogP contribution in [0.2, 0.25) is 0 Å². The SMILES string of the molecule is O=C(NC1(CO)CCOCC1)c1nc(-c2ccc(F)cc2)c2ccccn12. The van der Waals surface area contributed by atoms with Crippen molar-refractivity contribution in [1.82, 2.24) is 14.7 Å². The molecule has 1 aliphatic rings. The summed E-state index contributed by atoms with van der Waals surface area (Å²) >= 11 is 0. The first-order valence-corrected chi connectivity index (χ1v) is 8.86. The number of aliphatic hydroxyl groups excluding tert-OH is 1. The minimum absolute atomic E-state index is 0.157. The molecule has 3 heterocycles. The number of halogens is 1. The first kappa shape index (κ1) is 17.6. The van der Waals surface area contributed by atoms with Crippen LogP contribution >= 0.6 is 0 Å². The number of fused-ring (bicyclic) bond motifs is 1. The van der Waals surface area contributed by atoms with Crippen LogP contribution in [0, 0.1) is 5.82 Å². The molecule has 2 N–H and O–H groups in total. The Morgan fingerprint density at radius 3 is 2.67 bits per heavy atom. The van der Waals surface area contributed by atoms with Crippen molar-refractivity contribution in [1.29, 1.82) is 0 Å². The lowest BCUT2D eigenvalue weighted by molar-refractivity contribution is 0.0123. The normalized spacial score (nSPS) is 16.4. The van der Waals surface area contributed by atoms with E-state index in [1.54, 1.807) is 22.7 Å². The zero-order valence-electron chi connectivity index (χ0n) is 14.7. The lowest BCUT2D eigenvalue weighted by atomic mass is 9.91. The molecule has 27 heavy (non-hydrogen) atoms. The summed E-state index contributed by atoms with van der Waals surface area (Å²) in [7, 11) is 0. The monoisotopic (exact) mass is 369 g/mol. The Labute approximate surface area is 155 Å². The van der Waals surface area contributed by atoms with E-state index < -0.39 is 5.54 Å². The molecule has 1 amide bonds. The van der Waals surface area contributed by atoms with Gasteiger partial charge in [0.1, 0.15) is 5.82 Å². The number of ether oxygens (including phenoxy) is 1. The molecule has 0 atom stereocenters. The molecule has 0 bridgehead atoms. The third-order valence-corrected chi connectivity index (χ3v) is 5.00. The molecule has 1 aromatic carbocycles. The van der Waals surface area contributed by atoms with E-state index in [9.17, 15) is 14.3 Å². The largest absolute Gasteiger partial charge is 0.394 e.